The van der Waals surface area contributed by atoms with E-state index in [0.29, 0.717) is 5.56 Å². The first-order valence-corrected chi connectivity index (χ1v) is 7.69. The molecule has 110 valence electrons. The van der Waals surface area contributed by atoms with Crippen molar-refractivity contribution in [3.8, 4) is 0 Å². The topological polar surface area (TPSA) is 96.4 Å². The highest BCUT2D eigenvalue weighted by Gasteiger charge is 2.15. The number of aliphatic carboxylic acids is 1. The molecule has 2 aromatic rings. The third-order valence-electron chi connectivity index (χ3n) is 2.54. The van der Waals surface area contributed by atoms with Crippen LogP contribution in [0.1, 0.15) is 5.56 Å². The van der Waals surface area contributed by atoms with Gasteiger partial charge in [0.1, 0.15) is 11.0 Å². The van der Waals surface area contributed by atoms with E-state index in [4.69, 9.17) is 16.7 Å². The van der Waals surface area contributed by atoms with Crippen LogP contribution >= 0.6 is 11.6 Å². The van der Waals surface area contributed by atoms with Crippen LogP contribution in [0.5, 0.6) is 0 Å². The fraction of sp³-hybridized carbons (Fsp3) is 0.0769. The van der Waals surface area contributed by atoms with Crippen molar-refractivity contribution in [2.24, 2.45) is 0 Å². The minimum Gasteiger partial charge on any atom is -0.481 e. The monoisotopic (exact) mass is 326 g/mol. The Balaban J connectivity index is 2.21. The summed E-state index contributed by atoms with van der Waals surface area (Å²) in [7, 11) is -3.79. The lowest BCUT2D eigenvalue weighted by Crippen LogP contribution is -2.14. The van der Waals surface area contributed by atoms with Crippen LogP contribution in [-0.4, -0.2) is 24.5 Å². The molecule has 8 heteroatoms. The molecule has 0 saturated heterocycles. The minimum absolute atomic E-state index is 0.0124. The largest absolute Gasteiger partial charge is 0.481 e. The Morgan fingerprint density at radius 1 is 1.19 bits per heavy atom. The van der Waals surface area contributed by atoms with Crippen LogP contribution in [0.25, 0.3) is 0 Å². The number of carboxylic acid groups (broad SMARTS) is 1. The Bertz CT molecular complexity index is 760. The van der Waals surface area contributed by atoms with Crippen LogP contribution in [0.4, 0.5) is 5.82 Å². The summed E-state index contributed by atoms with van der Waals surface area (Å²) in [6, 6.07) is 10.2. The second kappa shape index (κ2) is 6.11. The van der Waals surface area contributed by atoms with Crippen molar-refractivity contribution in [3.05, 3.63) is 53.2 Å². The van der Waals surface area contributed by atoms with Gasteiger partial charge < -0.3 is 5.11 Å². The molecule has 0 bridgehead atoms. The van der Waals surface area contributed by atoms with E-state index in [1.807, 2.05) is 0 Å². The van der Waals surface area contributed by atoms with Gasteiger partial charge in [-0.15, -0.1) is 0 Å². The normalized spacial score (nSPS) is 11.1. The molecule has 0 amide bonds. The number of sulfonamides is 1. The predicted molar refractivity (Wildman–Crippen MR) is 77.8 cm³/mol. The molecule has 0 spiro atoms. The Hall–Kier alpha value is -2.12. The van der Waals surface area contributed by atoms with E-state index in [0.717, 1.165) is 0 Å². The summed E-state index contributed by atoms with van der Waals surface area (Å²) < 4.78 is 26.6. The number of aromatic nitrogens is 1. The van der Waals surface area contributed by atoms with Crippen molar-refractivity contribution in [2.75, 3.05) is 4.72 Å². The summed E-state index contributed by atoms with van der Waals surface area (Å²) in [4.78, 5) is 14.4. The molecule has 0 aliphatic carbocycles. The van der Waals surface area contributed by atoms with E-state index < -0.39 is 16.0 Å². The number of nitrogens with one attached hydrogen (secondary N) is 1. The number of pyridine rings is 1. The van der Waals surface area contributed by atoms with Gasteiger partial charge in [-0.25, -0.2) is 13.4 Å². The van der Waals surface area contributed by atoms with Gasteiger partial charge in [-0.3, -0.25) is 9.52 Å². The summed E-state index contributed by atoms with van der Waals surface area (Å²) in [6.45, 7) is 0. The number of anilines is 1. The summed E-state index contributed by atoms with van der Waals surface area (Å²) in [6.07, 6.45) is -0.163. The van der Waals surface area contributed by atoms with Gasteiger partial charge in [0.15, 0.2) is 0 Å². The second-order valence-corrected chi connectivity index (χ2v) is 6.24. The van der Waals surface area contributed by atoms with Gasteiger partial charge in [0, 0.05) is 0 Å². The van der Waals surface area contributed by atoms with Crippen molar-refractivity contribution in [2.45, 2.75) is 11.3 Å². The maximum Gasteiger partial charge on any atom is 0.307 e. The third kappa shape index (κ3) is 4.17. The molecule has 0 unspecified atom stereocenters. The quantitative estimate of drug-likeness (QED) is 0.821. The molecule has 0 aliphatic heterocycles. The van der Waals surface area contributed by atoms with Crippen molar-refractivity contribution in [3.63, 3.8) is 0 Å². The number of hydrogen-bond donors (Lipinski definition) is 2. The second-order valence-electron chi connectivity index (χ2n) is 4.17. The van der Waals surface area contributed by atoms with Gasteiger partial charge in [0.05, 0.1) is 11.3 Å². The number of hydrogen-bond acceptors (Lipinski definition) is 4. The molecule has 0 fully saturated rings. The molecule has 0 radical (unpaired) electrons. The number of rotatable bonds is 5. The Morgan fingerprint density at radius 2 is 1.86 bits per heavy atom. The zero-order valence-corrected chi connectivity index (χ0v) is 12.2. The Labute approximate surface area is 126 Å². The third-order valence-corrected chi connectivity index (χ3v) is 4.12. The molecule has 1 aromatic carbocycles. The first-order valence-electron chi connectivity index (χ1n) is 5.83. The molecule has 2 rings (SSSR count). The van der Waals surface area contributed by atoms with Gasteiger partial charge in [-0.05, 0) is 29.8 Å². The van der Waals surface area contributed by atoms with Crippen LogP contribution in [0.15, 0.2) is 47.4 Å². The first kappa shape index (κ1) is 15.3. The van der Waals surface area contributed by atoms with Crippen LogP contribution in [0.2, 0.25) is 5.15 Å². The van der Waals surface area contributed by atoms with Gasteiger partial charge in [0.2, 0.25) is 0 Å². The van der Waals surface area contributed by atoms with Gasteiger partial charge in [-0.1, -0.05) is 29.8 Å². The highest BCUT2D eigenvalue weighted by atomic mass is 35.5. The molecule has 1 aromatic heterocycles. The number of nitrogens with zero attached hydrogens (tertiary/aromatic N) is 1. The van der Waals surface area contributed by atoms with Crippen molar-refractivity contribution in [1.82, 2.24) is 4.98 Å². The molecule has 0 atom stereocenters. The van der Waals surface area contributed by atoms with Crippen molar-refractivity contribution in [1.29, 1.82) is 0 Å². The van der Waals surface area contributed by atoms with Crippen LogP contribution in [0.3, 0.4) is 0 Å². The van der Waals surface area contributed by atoms with Gasteiger partial charge >= 0.3 is 5.97 Å². The number of carbonyl (C=O) groups is 1. The molecule has 0 aliphatic rings. The maximum atomic E-state index is 12.1. The fourth-order valence-electron chi connectivity index (χ4n) is 1.62. The standard InChI is InChI=1S/C13H11ClN2O4S/c14-11-2-1-3-12(15-11)16-21(19,20)10-6-4-9(5-7-10)8-13(17)18/h1-7H,8H2,(H,15,16)(H,17,18). The van der Waals surface area contributed by atoms with E-state index in [1.54, 1.807) is 6.07 Å². The smallest absolute Gasteiger partial charge is 0.307 e. The minimum atomic E-state index is -3.79. The highest BCUT2D eigenvalue weighted by Crippen LogP contribution is 2.16. The predicted octanol–water partition coefficient (Wildman–Crippen LogP) is 2.16. The van der Waals surface area contributed by atoms with E-state index in [1.165, 1.54) is 36.4 Å². The van der Waals surface area contributed by atoms with E-state index in [-0.39, 0.29) is 22.3 Å². The van der Waals surface area contributed by atoms with Crippen molar-refractivity contribution < 1.29 is 18.3 Å². The molecule has 6 nitrogen and oxygen atoms in total. The van der Waals surface area contributed by atoms with Crippen LogP contribution < -0.4 is 4.72 Å². The lowest BCUT2D eigenvalue weighted by atomic mass is 10.2. The van der Waals surface area contributed by atoms with Crippen molar-refractivity contribution >= 4 is 33.4 Å². The lowest BCUT2D eigenvalue weighted by Gasteiger charge is -2.08. The number of halogens is 1. The zero-order valence-electron chi connectivity index (χ0n) is 10.7. The number of benzene rings is 1. The molecule has 21 heavy (non-hydrogen) atoms. The van der Waals surface area contributed by atoms with Crippen LogP contribution in [0, 0.1) is 0 Å². The Morgan fingerprint density at radius 3 is 2.43 bits per heavy atom. The lowest BCUT2D eigenvalue weighted by molar-refractivity contribution is -0.136. The summed E-state index contributed by atoms with van der Waals surface area (Å²) in [5.41, 5.74) is 0.516. The molecule has 2 N–H and O–H groups in total. The van der Waals surface area contributed by atoms with E-state index >= 15 is 0 Å². The highest BCUT2D eigenvalue weighted by molar-refractivity contribution is 7.92. The summed E-state index contributed by atoms with van der Waals surface area (Å²) >= 11 is 5.69. The average Bonchev–Trinajstić information content (AvgIpc) is 2.38. The maximum absolute atomic E-state index is 12.1. The first-order chi connectivity index (χ1) is 9.87. The van der Waals surface area contributed by atoms with Gasteiger partial charge in [-0.2, -0.15) is 0 Å². The van der Waals surface area contributed by atoms with E-state index in [2.05, 4.69) is 9.71 Å². The average molecular weight is 327 g/mol. The molecular weight excluding hydrogens is 316 g/mol. The molecular formula is C13H11ClN2O4S. The Kier molecular flexibility index (Phi) is 4.44. The molecule has 1 heterocycles. The molecule has 0 saturated carbocycles. The SMILES string of the molecule is O=C(O)Cc1ccc(S(=O)(=O)Nc2cccc(Cl)n2)cc1. The van der Waals surface area contributed by atoms with Gasteiger partial charge in [0.25, 0.3) is 10.0 Å². The van der Waals surface area contributed by atoms with E-state index in [9.17, 15) is 13.2 Å². The summed E-state index contributed by atoms with van der Waals surface area (Å²) in [5, 5.41) is 8.84. The summed E-state index contributed by atoms with van der Waals surface area (Å²) in [5.74, 6) is -0.871. The van der Waals surface area contributed by atoms with Crippen LogP contribution in [-0.2, 0) is 21.2 Å². The zero-order chi connectivity index (χ0) is 15.5. The number of carboxylic acids is 1. The fourth-order valence-corrected chi connectivity index (χ4v) is 2.79.